The van der Waals surface area contributed by atoms with Gasteiger partial charge >= 0.3 is 0 Å². The second-order valence-corrected chi connectivity index (χ2v) is 4.50. The Bertz CT molecular complexity index is 463. The first-order valence-corrected chi connectivity index (χ1v) is 5.67. The summed E-state index contributed by atoms with van der Waals surface area (Å²) in [5.41, 5.74) is 7.88. The number of benzene rings is 1. The Hall–Kier alpha value is -0.970. The van der Waals surface area contributed by atoms with E-state index < -0.39 is 0 Å². The average Bonchev–Trinajstić information content (AvgIpc) is 2.65. The predicted octanol–water partition coefficient (Wildman–Crippen LogP) is 2.25. The number of nitrogens with two attached hydrogens (primary N) is 1. The highest BCUT2D eigenvalue weighted by molar-refractivity contribution is 7.18. The smallest absolute Gasteiger partial charge is 0.124 e. The zero-order valence-corrected chi connectivity index (χ0v) is 9.67. The van der Waals surface area contributed by atoms with Gasteiger partial charge in [0.2, 0.25) is 0 Å². The second-order valence-electron chi connectivity index (χ2n) is 3.43. The van der Waals surface area contributed by atoms with Gasteiger partial charge in [-0.2, -0.15) is 0 Å². The van der Waals surface area contributed by atoms with Gasteiger partial charge in [0.15, 0.2) is 0 Å². The molecule has 0 aliphatic rings. The lowest BCUT2D eigenvalue weighted by molar-refractivity contribution is 0.110. The van der Waals surface area contributed by atoms with Crippen LogP contribution in [0.3, 0.4) is 0 Å². The third-order valence-corrected chi connectivity index (χ3v) is 3.52. The van der Waals surface area contributed by atoms with Crippen LogP contribution in [-0.4, -0.2) is 18.6 Å². The molecule has 0 fully saturated rings. The second kappa shape index (κ2) is 4.26. The van der Waals surface area contributed by atoms with E-state index in [-0.39, 0.29) is 6.10 Å². The molecular weight excluding hydrogens is 208 g/mol. The largest absolute Gasteiger partial charge is 0.373 e. The SMILES string of the molecule is COC(CN)c1nc2c(C)cccc2s1. The van der Waals surface area contributed by atoms with Crippen LogP contribution in [0.2, 0.25) is 0 Å². The van der Waals surface area contributed by atoms with Gasteiger partial charge in [-0.3, -0.25) is 0 Å². The maximum Gasteiger partial charge on any atom is 0.124 e. The third kappa shape index (κ3) is 1.88. The monoisotopic (exact) mass is 222 g/mol. The number of ether oxygens (including phenoxy) is 1. The Labute approximate surface area is 92.9 Å². The molecule has 0 amide bonds. The molecule has 0 saturated heterocycles. The Morgan fingerprint density at radius 1 is 1.53 bits per heavy atom. The molecule has 0 spiro atoms. The molecule has 80 valence electrons. The fourth-order valence-electron chi connectivity index (χ4n) is 1.54. The number of aromatic nitrogens is 1. The molecule has 1 aromatic carbocycles. The molecule has 0 aliphatic carbocycles. The van der Waals surface area contributed by atoms with Gasteiger partial charge in [0.1, 0.15) is 11.1 Å². The van der Waals surface area contributed by atoms with Gasteiger partial charge in [-0.1, -0.05) is 12.1 Å². The average molecular weight is 222 g/mol. The number of hydrogen-bond donors (Lipinski definition) is 1. The fraction of sp³-hybridized carbons (Fsp3) is 0.364. The van der Waals surface area contributed by atoms with Crippen molar-refractivity contribution in [2.45, 2.75) is 13.0 Å². The van der Waals surface area contributed by atoms with Gasteiger partial charge in [0.25, 0.3) is 0 Å². The van der Waals surface area contributed by atoms with Gasteiger partial charge in [0.05, 0.1) is 10.2 Å². The summed E-state index contributed by atoms with van der Waals surface area (Å²) in [5, 5.41) is 0.962. The van der Waals surface area contributed by atoms with Gasteiger partial charge in [0, 0.05) is 13.7 Å². The fourth-order valence-corrected chi connectivity index (χ4v) is 2.67. The highest BCUT2D eigenvalue weighted by Crippen LogP contribution is 2.29. The number of para-hydroxylation sites is 1. The first-order chi connectivity index (χ1) is 7.26. The molecule has 4 heteroatoms. The van der Waals surface area contributed by atoms with Crippen molar-refractivity contribution in [2.24, 2.45) is 5.73 Å². The molecule has 1 heterocycles. The van der Waals surface area contributed by atoms with Gasteiger partial charge in [-0.25, -0.2) is 4.98 Å². The lowest BCUT2D eigenvalue weighted by Crippen LogP contribution is -2.13. The standard InChI is InChI=1S/C11H14N2OS/c1-7-4-3-5-9-10(7)13-11(15-9)8(6-12)14-2/h3-5,8H,6,12H2,1-2H3. The normalized spacial score (nSPS) is 13.3. The Kier molecular flexibility index (Phi) is 3.00. The lowest BCUT2D eigenvalue weighted by Gasteiger charge is -2.07. The van der Waals surface area contributed by atoms with Crippen LogP contribution >= 0.6 is 11.3 Å². The first kappa shape index (κ1) is 10.5. The molecule has 2 rings (SSSR count). The number of nitrogens with zero attached hydrogens (tertiary/aromatic N) is 1. The maximum absolute atomic E-state index is 5.62. The minimum Gasteiger partial charge on any atom is -0.373 e. The summed E-state index contributed by atoms with van der Waals surface area (Å²) in [6.07, 6.45) is -0.0817. The number of hydrogen-bond acceptors (Lipinski definition) is 4. The number of thiazole rings is 1. The van der Waals surface area contributed by atoms with Crippen molar-refractivity contribution in [3.63, 3.8) is 0 Å². The van der Waals surface area contributed by atoms with Crippen molar-refractivity contribution < 1.29 is 4.74 Å². The van der Waals surface area contributed by atoms with Crippen molar-refractivity contribution in [2.75, 3.05) is 13.7 Å². The number of fused-ring (bicyclic) bond motifs is 1. The van der Waals surface area contributed by atoms with Crippen LogP contribution in [0.5, 0.6) is 0 Å². The topological polar surface area (TPSA) is 48.1 Å². The number of methoxy groups -OCH3 is 1. The van der Waals surface area contributed by atoms with E-state index in [9.17, 15) is 0 Å². The van der Waals surface area contributed by atoms with Crippen molar-refractivity contribution in [3.8, 4) is 0 Å². The van der Waals surface area contributed by atoms with E-state index in [1.165, 1.54) is 10.3 Å². The Morgan fingerprint density at radius 3 is 2.93 bits per heavy atom. The van der Waals surface area contributed by atoms with E-state index in [0.29, 0.717) is 6.54 Å². The van der Waals surface area contributed by atoms with Crippen LogP contribution in [-0.2, 0) is 4.74 Å². The molecule has 2 aromatic rings. The quantitative estimate of drug-likeness (QED) is 0.866. The molecule has 0 radical (unpaired) electrons. The summed E-state index contributed by atoms with van der Waals surface area (Å²) < 4.78 is 6.47. The Morgan fingerprint density at radius 2 is 2.33 bits per heavy atom. The van der Waals surface area contributed by atoms with E-state index in [0.717, 1.165) is 10.5 Å². The first-order valence-electron chi connectivity index (χ1n) is 4.85. The van der Waals surface area contributed by atoms with Crippen molar-refractivity contribution in [1.29, 1.82) is 0 Å². The number of aryl methyl sites for hydroxylation is 1. The molecule has 0 saturated carbocycles. The van der Waals surface area contributed by atoms with Gasteiger partial charge in [-0.15, -0.1) is 11.3 Å². The highest BCUT2D eigenvalue weighted by Gasteiger charge is 2.14. The van der Waals surface area contributed by atoms with Crippen molar-refractivity contribution in [1.82, 2.24) is 4.98 Å². The third-order valence-electron chi connectivity index (χ3n) is 2.41. The summed E-state index contributed by atoms with van der Waals surface area (Å²) in [4.78, 5) is 4.57. The molecule has 0 bridgehead atoms. The van der Waals surface area contributed by atoms with Crippen LogP contribution in [0.25, 0.3) is 10.2 Å². The van der Waals surface area contributed by atoms with E-state index in [2.05, 4.69) is 24.0 Å². The number of rotatable bonds is 3. The lowest BCUT2D eigenvalue weighted by atomic mass is 10.2. The summed E-state index contributed by atoms with van der Waals surface area (Å²) in [5.74, 6) is 0. The van der Waals surface area contributed by atoms with E-state index in [1.54, 1.807) is 18.4 Å². The molecular formula is C11H14N2OS. The van der Waals surface area contributed by atoms with Crippen LogP contribution in [0.15, 0.2) is 18.2 Å². The molecule has 1 atom stereocenters. The summed E-state index contributed by atoms with van der Waals surface area (Å²) in [6, 6.07) is 6.19. The molecule has 2 N–H and O–H groups in total. The highest BCUT2D eigenvalue weighted by atomic mass is 32.1. The van der Waals surface area contributed by atoms with E-state index >= 15 is 0 Å². The van der Waals surface area contributed by atoms with Crippen molar-refractivity contribution in [3.05, 3.63) is 28.8 Å². The summed E-state index contributed by atoms with van der Waals surface area (Å²) in [7, 11) is 1.66. The van der Waals surface area contributed by atoms with Gasteiger partial charge in [-0.05, 0) is 18.6 Å². The molecule has 1 aromatic heterocycles. The van der Waals surface area contributed by atoms with Crippen LogP contribution in [0, 0.1) is 6.92 Å². The minimum absolute atomic E-state index is 0.0817. The van der Waals surface area contributed by atoms with E-state index in [1.807, 2.05) is 6.07 Å². The van der Waals surface area contributed by atoms with Gasteiger partial charge < -0.3 is 10.5 Å². The molecule has 1 unspecified atom stereocenters. The maximum atomic E-state index is 5.62. The summed E-state index contributed by atoms with van der Waals surface area (Å²) >= 11 is 1.65. The van der Waals surface area contributed by atoms with Crippen LogP contribution in [0.1, 0.15) is 16.7 Å². The minimum atomic E-state index is -0.0817. The molecule has 15 heavy (non-hydrogen) atoms. The van der Waals surface area contributed by atoms with Crippen LogP contribution in [0.4, 0.5) is 0 Å². The zero-order chi connectivity index (χ0) is 10.8. The molecule has 0 aliphatic heterocycles. The predicted molar refractivity (Wildman–Crippen MR) is 63.2 cm³/mol. The van der Waals surface area contributed by atoms with E-state index in [4.69, 9.17) is 10.5 Å². The van der Waals surface area contributed by atoms with Crippen molar-refractivity contribution >= 4 is 21.6 Å². The summed E-state index contributed by atoms with van der Waals surface area (Å²) in [6.45, 7) is 2.53. The zero-order valence-electron chi connectivity index (χ0n) is 8.86. The van der Waals surface area contributed by atoms with Crippen LogP contribution < -0.4 is 5.73 Å². The molecule has 3 nitrogen and oxygen atoms in total. The Balaban J connectivity index is 2.51.